The zero-order valence-corrected chi connectivity index (χ0v) is 11.3. The van der Waals surface area contributed by atoms with Crippen molar-refractivity contribution in [1.82, 2.24) is 4.98 Å². The molecule has 1 amide bonds. The number of hydrogen-bond acceptors (Lipinski definition) is 6. The molecule has 7 heteroatoms. The first-order chi connectivity index (χ1) is 8.51. The van der Waals surface area contributed by atoms with E-state index in [2.05, 4.69) is 10.3 Å². The molecule has 0 aliphatic carbocycles. The van der Waals surface area contributed by atoms with E-state index >= 15 is 0 Å². The number of esters is 1. The number of hydrogen-bond donors (Lipinski definition) is 2. The van der Waals surface area contributed by atoms with Crippen LogP contribution in [0.5, 0.6) is 0 Å². The molecule has 0 saturated carbocycles. The van der Waals surface area contributed by atoms with Gasteiger partial charge in [-0.2, -0.15) is 0 Å². The highest BCUT2D eigenvalue weighted by Gasteiger charge is 2.11. The number of ether oxygens (including phenoxy) is 1. The predicted molar refractivity (Wildman–Crippen MR) is 69.3 cm³/mol. The number of aromatic nitrogens is 1. The lowest BCUT2D eigenvalue weighted by Gasteiger charge is -2.03. The maximum atomic E-state index is 11.4. The van der Waals surface area contributed by atoms with Crippen LogP contribution in [0.2, 0.25) is 0 Å². The smallest absolute Gasteiger partial charge is 0.311 e. The van der Waals surface area contributed by atoms with Gasteiger partial charge in [0.15, 0.2) is 5.13 Å². The van der Waals surface area contributed by atoms with Gasteiger partial charge < -0.3 is 15.8 Å². The summed E-state index contributed by atoms with van der Waals surface area (Å²) in [5.41, 5.74) is 6.10. The molecule has 1 rings (SSSR count). The highest BCUT2D eigenvalue weighted by atomic mass is 32.1. The molecule has 0 aromatic carbocycles. The molecule has 0 spiro atoms. The summed E-state index contributed by atoms with van der Waals surface area (Å²) in [5, 5.41) is 4.83. The van der Waals surface area contributed by atoms with Crippen molar-refractivity contribution in [3.05, 3.63) is 11.1 Å². The lowest BCUT2D eigenvalue weighted by molar-refractivity contribution is -0.142. The minimum absolute atomic E-state index is 0.119. The summed E-state index contributed by atoms with van der Waals surface area (Å²) in [5.74, 6) is -0.502. The van der Waals surface area contributed by atoms with Crippen molar-refractivity contribution in [2.45, 2.75) is 32.7 Å². The van der Waals surface area contributed by atoms with E-state index < -0.39 is 0 Å². The average molecular weight is 271 g/mol. The van der Waals surface area contributed by atoms with Crippen LogP contribution in [0.1, 0.15) is 26.0 Å². The zero-order valence-electron chi connectivity index (χ0n) is 10.4. The Morgan fingerprint density at radius 3 is 2.94 bits per heavy atom. The molecule has 0 aliphatic heterocycles. The van der Waals surface area contributed by atoms with Gasteiger partial charge in [-0.05, 0) is 13.8 Å². The van der Waals surface area contributed by atoms with E-state index in [1.165, 1.54) is 11.3 Å². The van der Waals surface area contributed by atoms with E-state index in [1.54, 1.807) is 19.2 Å². The Labute approximate surface area is 110 Å². The number of thiazole rings is 1. The molecular weight excluding hydrogens is 254 g/mol. The quantitative estimate of drug-likeness (QED) is 0.750. The Morgan fingerprint density at radius 2 is 2.33 bits per heavy atom. The lowest BCUT2D eigenvalue weighted by Crippen LogP contribution is -2.23. The number of anilines is 1. The first kappa shape index (κ1) is 14.6. The van der Waals surface area contributed by atoms with Crippen molar-refractivity contribution >= 4 is 28.3 Å². The molecule has 0 saturated heterocycles. The van der Waals surface area contributed by atoms with Gasteiger partial charge in [0.1, 0.15) is 0 Å². The standard InChI is InChI=1S/C11H17N3O3S/c1-3-17-10(16)5-8-6-18-11(13-8)14-9(15)4-7(2)12/h6-7H,3-5,12H2,1-2H3,(H,13,14,15). The average Bonchev–Trinajstić information content (AvgIpc) is 2.64. The van der Waals surface area contributed by atoms with Crippen molar-refractivity contribution < 1.29 is 14.3 Å². The van der Waals surface area contributed by atoms with Gasteiger partial charge in [0, 0.05) is 17.8 Å². The summed E-state index contributed by atoms with van der Waals surface area (Å²) in [4.78, 5) is 26.8. The molecule has 6 nitrogen and oxygen atoms in total. The molecule has 1 heterocycles. The fraction of sp³-hybridized carbons (Fsp3) is 0.545. The van der Waals surface area contributed by atoms with Crippen molar-refractivity contribution in [2.75, 3.05) is 11.9 Å². The first-order valence-corrected chi connectivity index (χ1v) is 6.54. The van der Waals surface area contributed by atoms with Crippen LogP contribution in [0.25, 0.3) is 0 Å². The number of carbonyl (C=O) groups is 2. The summed E-state index contributed by atoms with van der Waals surface area (Å²) < 4.78 is 4.81. The second kappa shape index (κ2) is 7.07. The minimum atomic E-state index is -0.323. The molecule has 1 unspecified atom stereocenters. The highest BCUT2D eigenvalue weighted by Crippen LogP contribution is 2.16. The van der Waals surface area contributed by atoms with Crippen molar-refractivity contribution in [3.63, 3.8) is 0 Å². The molecule has 0 fully saturated rings. The third-order valence-electron chi connectivity index (χ3n) is 1.94. The largest absolute Gasteiger partial charge is 0.466 e. The van der Waals surface area contributed by atoms with E-state index in [1.807, 2.05) is 0 Å². The molecule has 18 heavy (non-hydrogen) atoms. The number of rotatable bonds is 6. The molecule has 3 N–H and O–H groups in total. The van der Waals surface area contributed by atoms with Crippen LogP contribution in [0, 0.1) is 0 Å². The number of carbonyl (C=O) groups excluding carboxylic acids is 2. The number of nitrogens with zero attached hydrogens (tertiary/aromatic N) is 1. The highest BCUT2D eigenvalue weighted by molar-refractivity contribution is 7.13. The molecular formula is C11H17N3O3S. The topological polar surface area (TPSA) is 94.3 Å². The van der Waals surface area contributed by atoms with Crippen LogP contribution in [0.3, 0.4) is 0 Å². The van der Waals surface area contributed by atoms with Crippen LogP contribution >= 0.6 is 11.3 Å². The third kappa shape index (κ3) is 5.24. The Hall–Kier alpha value is -1.47. The second-order valence-corrected chi connectivity index (χ2v) is 4.71. The molecule has 1 atom stereocenters. The summed E-state index contributed by atoms with van der Waals surface area (Å²) in [6, 6.07) is -0.191. The van der Waals surface area contributed by atoms with E-state index in [-0.39, 0.29) is 30.8 Å². The number of nitrogens with two attached hydrogens (primary N) is 1. The summed E-state index contributed by atoms with van der Waals surface area (Å²) in [6.45, 7) is 3.85. The Bertz CT molecular complexity index is 417. The normalized spacial score (nSPS) is 11.9. The zero-order chi connectivity index (χ0) is 13.5. The van der Waals surface area contributed by atoms with Crippen molar-refractivity contribution in [3.8, 4) is 0 Å². The maximum absolute atomic E-state index is 11.4. The van der Waals surface area contributed by atoms with E-state index in [0.717, 1.165) is 0 Å². The van der Waals surface area contributed by atoms with Crippen molar-refractivity contribution in [2.24, 2.45) is 5.73 Å². The van der Waals surface area contributed by atoms with Gasteiger partial charge in [-0.25, -0.2) is 4.98 Å². The predicted octanol–water partition coefficient (Wildman–Crippen LogP) is 0.925. The van der Waals surface area contributed by atoms with Crippen LogP contribution in [0.15, 0.2) is 5.38 Å². The monoisotopic (exact) mass is 271 g/mol. The fourth-order valence-corrected chi connectivity index (χ4v) is 1.99. The molecule has 0 bridgehead atoms. The Balaban J connectivity index is 2.48. The molecule has 0 aliphatic rings. The molecule has 100 valence electrons. The van der Waals surface area contributed by atoms with E-state index in [9.17, 15) is 9.59 Å². The maximum Gasteiger partial charge on any atom is 0.311 e. The van der Waals surface area contributed by atoms with Gasteiger partial charge in [-0.15, -0.1) is 11.3 Å². The second-order valence-electron chi connectivity index (χ2n) is 3.86. The Kier molecular flexibility index (Phi) is 5.73. The lowest BCUT2D eigenvalue weighted by atomic mass is 10.2. The molecule has 1 aromatic heterocycles. The van der Waals surface area contributed by atoms with Gasteiger partial charge >= 0.3 is 5.97 Å². The van der Waals surface area contributed by atoms with Crippen LogP contribution in [-0.4, -0.2) is 29.5 Å². The van der Waals surface area contributed by atoms with Crippen LogP contribution < -0.4 is 11.1 Å². The number of amides is 1. The molecule has 0 radical (unpaired) electrons. The van der Waals surface area contributed by atoms with E-state index in [4.69, 9.17) is 10.5 Å². The van der Waals surface area contributed by atoms with Crippen LogP contribution in [0.4, 0.5) is 5.13 Å². The Morgan fingerprint density at radius 1 is 1.61 bits per heavy atom. The summed E-state index contributed by atoms with van der Waals surface area (Å²) >= 11 is 1.27. The summed E-state index contributed by atoms with van der Waals surface area (Å²) in [7, 11) is 0. The van der Waals surface area contributed by atoms with Crippen LogP contribution in [-0.2, 0) is 20.7 Å². The fourth-order valence-electron chi connectivity index (χ4n) is 1.27. The van der Waals surface area contributed by atoms with Crippen molar-refractivity contribution in [1.29, 1.82) is 0 Å². The van der Waals surface area contributed by atoms with Gasteiger partial charge in [-0.1, -0.05) is 0 Å². The third-order valence-corrected chi connectivity index (χ3v) is 2.74. The molecule has 1 aromatic rings. The van der Waals surface area contributed by atoms with Gasteiger partial charge in [0.05, 0.1) is 18.7 Å². The summed E-state index contributed by atoms with van der Waals surface area (Å²) in [6.07, 6.45) is 0.361. The van der Waals surface area contributed by atoms with Gasteiger partial charge in [0.25, 0.3) is 0 Å². The SMILES string of the molecule is CCOC(=O)Cc1csc(NC(=O)CC(C)N)n1. The minimum Gasteiger partial charge on any atom is -0.466 e. The van der Waals surface area contributed by atoms with E-state index in [0.29, 0.717) is 17.4 Å². The first-order valence-electron chi connectivity index (χ1n) is 5.66. The van der Waals surface area contributed by atoms with Gasteiger partial charge in [-0.3, -0.25) is 9.59 Å². The van der Waals surface area contributed by atoms with Gasteiger partial charge in [0.2, 0.25) is 5.91 Å². The number of nitrogens with one attached hydrogen (secondary N) is 1.